The number of ether oxygens (including phenoxy) is 1. The molecule has 31 heavy (non-hydrogen) atoms. The normalized spacial score (nSPS) is 10.9. The van der Waals surface area contributed by atoms with Gasteiger partial charge in [0.05, 0.1) is 11.1 Å². The first kappa shape index (κ1) is 22.1. The molecular weight excluding hydrogens is 391 g/mol. The summed E-state index contributed by atoms with van der Waals surface area (Å²) in [7, 11) is 0. The molecule has 0 aromatic heterocycles. The highest BCUT2D eigenvalue weighted by Gasteiger charge is 2.20. The van der Waals surface area contributed by atoms with E-state index in [0.717, 1.165) is 17.7 Å². The van der Waals surface area contributed by atoms with Gasteiger partial charge in [-0.2, -0.15) is 0 Å². The van der Waals surface area contributed by atoms with E-state index in [1.165, 1.54) is 23.8 Å². The molecule has 158 valence electrons. The van der Waals surface area contributed by atoms with E-state index < -0.39 is 17.3 Å². The van der Waals surface area contributed by atoms with Crippen LogP contribution in [-0.4, -0.2) is 11.1 Å². The van der Waals surface area contributed by atoms with Gasteiger partial charge in [-0.15, -0.1) is 0 Å². The van der Waals surface area contributed by atoms with Gasteiger partial charge < -0.3 is 9.84 Å². The van der Waals surface area contributed by atoms with Crippen LogP contribution in [0.4, 0.5) is 4.39 Å². The SMILES string of the molecule is CCc1ccc(Oc2cc(C#Cc3cccc(C(=O)O)c3F)ccc2C(C)(C)C)cc1. The highest BCUT2D eigenvalue weighted by atomic mass is 19.1. The van der Waals surface area contributed by atoms with Crippen LogP contribution in [0.25, 0.3) is 0 Å². The number of carboxylic acids is 1. The van der Waals surface area contributed by atoms with Crippen molar-refractivity contribution in [2.24, 2.45) is 0 Å². The molecular formula is C27H25FO3. The van der Waals surface area contributed by atoms with Crippen LogP contribution >= 0.6 is 0 Å². The Balaban J connectivity index is 1.99. The predicted molar refractivity (Wildman–Crippen MR) is 120 cm³/mol. The van der Waals surface area contributed by atoms with Gasteiger partial charge in [-0.25, -0.2) is 9.18 Å². The summed E-state index contributed by atoms with van der Waals surface area (Å²) in [5.41, 5.74) is 2.40. The minimum atomic E-state index is -1.32. The Labute approximate surface area is 182 Å². The van der Waals surface area contributed by atoms with E-state index in [9.17, 15) is 9.18 Å². The first-order chi connectivity index (χ1) is 14.7. The second kappa shape index (κ2) is 9.06. The van der Waals surface area contributed by atoms with E-state index in [0.29, 0.717) is 11.3 Å². The number of carboxylic acid groups (broad SMARTS) is 1. The van der Waals surface area contributed by atoms with Crippen molar-refractivity contribution in [3.63, 3.8) is 0 Å². The Kier molecular flexibility index (Phi) is 6.46. The molecule has 1 N–H and O–H groups in total. The zero-order valence-electron chi connectivity index (χ0n) is 18.1. The lowest BCUT2D eigenvalue weighted by Crippen LogP contribution is -2.12. The van der Waals surface area contributed by atoms with Gasteiger partial charge in [-0.1, -0.05) is 63.8 Å². The van der Waals surface area contributed by atoms with Crippen molar-refractivity contribution in [1.29, 1.82) is 0 Å². The largest absolute Gasteiger partial charge is 0.478 e. The molecule has 0 aliphatic carbocycles. The fraction of sp³-hybridized carbons (Fsp3) is 0.222. The summed E-state index contributed by atoms with van der Waals surface area (Å²) in [6.45, 7) is 8.42. The van der Waals surface area contributed by atoms with Crippen LogP contribution in [0.3, 0.4) is 0 Å². The van der Waals surface area contributed by atoms with E-state index in [1.807, 2.05) is 42.5 Å². The molecule has 0 spiro atoms. The Morgan fingerprint density at radius 1 is 1.03 bits per heavy atom. The maximum absolute atomic E-state index is 14.4. The van der Waals surface area contributed by atoms with E-state index in [1.54, 1.807) is 0 Å². The molecule has 0 atom stereocenters. The molecule has 3 aromatic rings. The number of aryl methyl sites for hydroxylation is 1. The third kappa shape index (κ3) is 5.32. The van der Waals surface area contributed by atoms with Crippen molar-refractivity contribution in [3.05, 3.63) is 94.3 Å². The molecule has 0 aliphatic rings. The minimum absolute atomic E-state index is 0.0393. The maximum atomic E-state index is 14.4. The smallest absolute Gasteiger partial charge is 0.338 e. The number of carbonyl (C=O) groups is 1. The summed E-state index contributed by atoms with van der Waals surface area (Å²) in [5.74, 6) is 4.94. The molecule has 0 amide bonds. The van der Waals surface area contributed by atoms with E-state index in [-0.39, 0.29) is 11.0 Å². The zero-order chi connectivity index (χ0) is 22.6. The summed E-state index contributed by atoms with van der Waals surface area (Å²) in [4.78, 5) is 11.1. The van der Waals surface area contributed by atoms with Crippen molar-refractivity contribution >= 4 is 5.97 Å². The highest BCUT2D eigenvalue weighted by Crippen LogP contribution is 2.35. The number of hydrogen-bond donors (Lipinski definition) is 1. The number of aromatic carboxylic acids is 1. The predicted octanol–water partition coefficient (Wildman–Crippen LogP) is 6.58. The van der Waals surface area contributed by atoms with E-state index >= 15 is 0 Å². The van der Waals surface area contributed by atoms with Crippen LogP contribution in [0, 0.1) is 17.7 Å². The van der Waals surface area contributed by atoms with Gasteiger partial charge in [0.1, 0.15) is 11.5 Å². The highest BCUT2D eigenvalue weighted by molar-refractivity contribution is 5.88. The van der Waals surface area contributed by atoms with Crippen molar-refractivity contribution in [3.8, 4) is 23.3 Å². The fourth-order valence-electron chi connectivity index (χ4n) is 3.16. The quantitative estimate of drug-likeness (QED) is 0.489. The molecule has 4 heteroatoms. The third-order valence-corrected chi connectivity index (χ3v) is 4.92. The van der Waals surface area contributed by atoms with Crippen molar-refractivity contribution < 1.29 is 19.0 Å². The summed E-state index contributed by atoms with van der Waals surface area (Å²) >= 11 is 0. The second-order valence-electron chi connectivity index (χ2n) is 8.28. The van der Waals surface area contributed by atoms with Crippen LogP contribution in [0.1, 0.15) is 60.3 Å². The maximum Gasteiger partial charge on any atom is 0.338 e. The Morgan fingerprint density at radius 2 is 1.74 bits per heavy atom. The third-order valence-electron chi connectivity index (χ3n) is 4.92. The van der Waals surface area contributed by atoms with Crippen molar-refractivity contribution in [2.75, 3.05) is 0 Å². The molecule has 0 fully saturated rings. The minimum Gasteiger partial charge on any atom is -0.478 e. The number of rotatable bonds is 4. The molecule has 0 bridgehead atoms. The summed E-state index contributed by atoms with van der Waals surface area (Å²) < 4.78 is 20.5. The average Bonchev–Trinajstić information content (AvgIpc) is 2.72. The summed E-state index contributed by atoms with van der Waals surface area (Å²) in [6, 6.07) is 17.8. The number of benzene rings is 3. The van der Waals surface area contributed by atoms with Gasteiger partial charge in [-0.3, -0.25) is 0 Å². The molecule has 0 unspecified atom stereocenters. The summed E-state index contributed by atoms with van der Waals surface area (Å²) in [6.07, 6.45) is 0.957. The van der Waals surface area contributed by atoms with Crippen LogP contribution < -0.4 is 4.74 Å². The Morgan fingerprint density at radius 3 is 2.35 bits per heavy atom. The van der Waals surface area contributed by atoms with Gasteiger partial charge in [-0.05, 0) is 53.8 Å². The van der Waals surface area contributed by atoms with E-state index in [2.05, 4.69) is 39.5 Å². The number of halogens is 1. The monoisotopic (exact) mass is 416 g/mol. The molecule has 0 saturated heterocycles. The first-order valence-corrected chi connectivity index (χ1v) is 10.1. The van der Waals surface area contributed by atoms with Gasteiger partial charge in [0.2, 0.25) is 0 Å². The van der Waals surface area contributed by atoms with Gasteiger partial charge in [0.15, 0.2) is 5.82 Å². The molecule has 3 nitrogen and oxygen atoms in total. The molecule has 0 heterocycles. The fourth-order valence-corrected chi connectivity index (χ4v) is 3.16. The topological polar surface area (TPSA) is 46.5 Å². The first-order valence-electron chi connectivity index (χ1n) is 10.1. The molecule has 0 aliphatic heterocycles. The zero-order valence-corrected chi connectivity index (χ0v) is 18.1. The lowest BCUT2D eigenvalue weighted by Gasteiger charge is -2.23. The van der Waals surface area contributed by atoms with Crippen molar-refractivity contribution in [1.82, 2.24) is 0 Å². The van der Waals surface area contributed by atoms with Crippen LogP contribution in [0.15, 0.2) is 60.7 Å². The average molecular weight is 416 g/mol. The Bertz CT molecular complexity index is 1160. The molecule has 3 aromatic carbocycles. The van der Waals surface area contributed by atoms with Crippen molar-refractivity contribution in [2.45, 2.75) is 39.5 Å². The molecule has 0 saturated carbocycles. The molecule has 3 rings (SSSR count). The van der Waals surface area contributed by atoms with Gasteiger partial charge in [0.25, 0.3) is 0 Å². The van der Waals surface area contributed by atoms with E-state index in [4.69, 9.17) is 9.84 Å². The Hall–Kier alpha value is -3.58. The van der Waals surface area contributed by atoms with Crippen LogP contribution in [-0.2, 0) is 11.8 Å². The van der Waals surface area contributed by atoms with Gasteiger partial charge >= 0.3 is 5.97 Å². The lowest BCUT2D eigenvalue weighted by atomic mass is 9.86. The lowest BCUT2D eigenvalue weighted by molar-refractivity contribution is 0.0692. The van der Waals surface area contributed by atoms with Crippen LogP contribution in [0.5, 0.6) is 11.5 Å². The number of hydrogen-bond acceptors (Lipinski definition) is 2. The second-order valence-corrected chi connectivity index (χ2v) is 8.28. The molecule has 0 radical (unpaired) electrons. The standard InChI is InChI=1S/C27H25FO3/c1-5-18-10-14-21(15-11-18)31-24-17-19(12-16-23(24)27(2,3)4)9-13-20-7-6-8-22(25(20)28)26(29)30/h6-8,10-12,14-17H,5H2,1-4H3,(H,29,30). The van der Waals surface area contributed by atoms with Gasteiger partial charge in [0, 0.05) is 11.1 Å². The van der Waals surface area contributed by atoms with Crippen LogP contribution in [0.2, 0.25) is 0 Å². The summed E-state index contributed by atoms with van der Waals surface area (Å²) in [5, 5.41) is 9.09.